The average molecular weight is 478 g/mol. The van der Waals surface area contributed by atoms with Gasteiger partial charge in [0.2, 0.25) is 5.91 Å². The first-order valence-electron chi connectivity index (χ1n) is 12.4. The molecule has 1 aromatic rings. The molecular weight excluding hydrogens is 441 g/mol. The number of amides is 1. The topological polar surface area (TPSA) is 66.8 Å². The molecule has 0 spiro atoms. The number of rotatable bonds is 6. The summed E-state index contributed by atoms with van der Waals surface area (Å²) < 4.78 is 19.1. The van der Waals surface area contributed by atoms with E-state index in [1.54, 1.807) is 13.2 Å². The van der Waals surface area contributed by atoms with E-state index in [1.165, 1.54) is 11.3 Å². The van der Waals surface area contributed by atoms with Crippen LogP contribution in [0.3, 0.4) is 0 Å². The summed E-state index contributed by atoms with van der Waals surface area (Å²) >= 11 is 1.27. The Bertz CT molecular complexity index is 881. The molecule has 1 heterocycles. The molecule has 7 heteroatoms. The molecule has 33 heavy (non-hydrogen) atoms. The average Bonchev–Trinajstić information content (AvgIpc) is 3.26. The second kappa shape index (κ2) is 10.7. The number of hydrogen-bond acceptors (Lipinski definition) is 4. The van der Waals surface area contributed by atoms with Crippen LogP contribution in [0.25, 0.3) is 0 Å². The molecule has 0 aromatic carbocycles. The lowest BCUT2D eigenvalue weighted by atomic mass is 9.81. The Kier molecular flexibility index (Phi) is 7.90. The van der Waals surface area contributed by atoms with Crippen molar-refractivity contribution in [1.29, 1.82) is 0 Å². The van der Waals surface area contributed by atoms with Crippen molar-refractivity contribution in [3.05, 3.63) is 27.7 Å². The molecule has 1 unspecified atom stereocenters. The fourth-order valence-electron chi connectivity index (χ4n) is 5.73. The number of methoxy groups -OCH3 is 1. The maximum atomic E-state index is 13.9. The molecule has 0 aliphatic heterocycles. The molecule has 4 rings (SSSR count). The Hall–Kier alpha value is -1.73. The smallest absolute Gasteiger partial charge is 0.348 e. The van der Waals surface area contributed by atoms with Gasteiger partial charge in [0, 0.05) is 23.9 Å². The van der Waals surface area contributed by atoms with Gasteiger partial charge in [-0.05, 0) is 88.5 Å². The Morgan fingerprint density at radius 3 is 2.36 bits per heavy atom. The molecule has 1 N–H and O–H groups in total. The lowest BCUT2D eigenvalue weighted by Gasteiger charge is -2.39. The Balaban J connectivity index is 1.67. The Labute approximate surface area is 200 Å². The third-order valence-electron chi connectivity index (χ3n) is 7.89. The van der Waals surface area contributed by atoms with Crippen molar-refractivity contribution in [2.75, 3.05) is 12.0 Å². The number of carbonyl (C=O) groups is 2. The molecule has 1 atom stereocenters. The summed E-state index contributed by atoms with van der Waals surface area (Å²) in [6.07, 6.45) is 10.7. The first-order chi connectivity index (χ1) is 15.9. The van der Waals surface area contributed by atoms with Crippen molar-refractivity contribution in [3.63, 3.8) is 0 Å². The van der Waals surface area contributed by atoms with Crippen LogP contribution in [0, 0.1) is 11.8 Å². The number of hydrogen-bond donors (Lipinski definition) is 1. The number of ether oxygens (including phenoxy) is 1. The van der Waals surface area contributed by atoms with Gasteiger partial charge in [-0.1, -0.05) is 13.0 Å². The summed E-state index contributed by atoms with van der Waals surface area (Å²) in [6, 6.07) is 1.93. The highest BCUT2D eigenvalue weighted by Crippen LogP contribution is 2.43. The van der Waals surface area contributed by atoms with E-state index in [0.29, 0.717) is 30.9 Å². The summed E-state index contributed by atoms with van der Waals surface area (Å²) in [4.78, 5) is 29.2. The van der Waals surface area contributed by atoms with E-state index < -0.39 is 5.97 Å². The zero-order valence-electron chi connectivity index (χ0n) is 19.7. The number of anilines is 1. The van der Waals surface area contributed by atoms with Gasteiger partial charge in [-0.2, -0.15) is 0 Å². The highest BCUT2D eigenvalue weighted by Gasteiger charge is 2.38. The van der Waals surface area contributed by atoms with Crippen LogP contribution in [0.2, 0.25) is 0 Å². The van der Waals surface area contributed by atoms with E-state index in [9.17, 15) is 19.1 Å². The molecule has 5 nitrogen and oxygen atoms in total. The summed E-state index contributed by atoms with van der Waals surface area (Å²) in [7, 11) is 1.73. The molecule has 0 radical (unpaired) electrons. The number of halogens is 1. The van der Waals surface area contributed by atoms with Gasteiger partial charge in [0.25, 0.3) is 0 Å². The van der Waals surface area contributed by atoms with E-state index in [0.717, 1.165) is 56.2 Å². The van der Waals surface area contributed by atoms with E-state index in [2.05, 4.69) is 6.92 Å². The zero-order chi connectivity index (χ0) is 23.5. The van der Waals surface area contributed by atoms with E-state index in [4.69, 9.17) is 4.74 Å². The van der Waals surface area contributed by atoms with Gasteiger partial charge in [0.1, 0.15) is 4.88 Å². The highest BCUT2D eigenvalue weighted by molar-refractivity contribution is 7.14. The van der Waals surface area contributed by atoms with Crippen LogP contribution < -0.4 is 4.90 Å². The normalized spacial score (nSPS) is 30.5. The Morgan fingerprint density at radius 2 is 1.79 bits per heavy atom. The van der Waals surface area contributed by atoms with Gasteiger partial charge in [0.15, 0.2) is 0 Å². The fraction of sp³-hybridized carbons (Fsp3) is 0.692. The van der Waals surface area contributed by atoms with Crippen LogP contribution in [0.15, 0.2) is 18.0 Å². The van der Waals surface area contributed by atoms with Crippen molar-refractivity contribution in [2.45, 2.75) is 95.6 Å². The zero-order valence-corrected chi connectivity index (χ0v) is 20.5. The number of carbonyl (C=O) groups excluding carboxylic acids is 1. The number of thiophene rings is 1. The van der Waals surface area contributed by atoms with Crippen molar-refractivity contribution >= 4 is 28.9 Å². The number of carboxylic acids is 1. The molecule has 0 bridgehead atoms. The third kappa shape index (κ3) is 5.51. The number of allylic oxidation sites excluding steroid dienone is 2. The maximum absolute atomic E-state index is 13.9. The van der Waals surface area contributed by atoms with Crippen molar-refractivity contribution in [2.24, 2.45) is 11.8 Å². The van der Waals surface area contributed by atoms with Gasteiger partial charge in [-0.25, -0.2) is 9.18 Å². The molecule has 0 saturated heterocycles. The summed E-state index contributed by atoms with van der Waals surface area (Å²) in [5.74, 6) is -0.277. The van der Waals surface area contributed by atoms with Crippen LogP contribution >= 0.6 is 11.3 Å². The maximum Gasteiger partial charge on any atom is 0.348 e. The molecule has 1 aromatic heterocycles. The summed E-state index contributed by atoms with van der Waals surface area (Å²) in [5.41, 5.74) is 0.557. The second-order valence-electron chi connectivity index (χ2n) is 10.1. The molecule has 3 aliphatic rings. The Morgan fingerprint density at radius 1 is 1.09 bits per heavy atom. The first kappa shape index (κ1) is 24.4. The quantitative estimate of drug-likeness (QED) is 0.496. The first-order valence-corrected chi connectivity index (χ1v) is 13.3. The minimum Gasteiger partial charge on any atom is -0.477 e. The van der Waals surface area contributed by atoms with Gasteiger partial charge in [-0.15, -0.1) is 11.3 Å². The monoisotopic (exact) mass is 477 g/mol. The molecule has 3 aliphatic carbocycles. The van der Waals surface area contributed by atoms with Crippen LogP contribution in [-0.4, -0.2) is 36.2 Å². The van der Waals surface area contributed by atoms with Gasteiger partial charge >= 0.3 is 5.97 Å². The van der Waals surface area contributed by atoms with Crippen LogP contribution in [-0.2, 0) is 9.53 Å². The van der Waals surface area contributed by atoms with Crippen LogP contribution in [0.4, 0.5) is 10.1 Å². The molecule has 2 saturated carbocycles. The van der Waals surface area contributed by atoms with Crippen LogP contribution in [0.1, 0.15) is 98.0 Å². The third-order valence-corrected chi connectivity index (χ3v) is 9.16. The van der Waals surface area contributed by atoms with Crippen molar-refractivity contribution in [1.82, 2.24) is 0 Å². The van der Waals surface area contributed by atoms with Crippen molar-refractivity contribution in [3.8, 4) is 0 Å². The van der Waals surface area contributed by atoms with Gasteiger partial charge in [0.05, 0.1) is 17.6 Å². The lowest BCUT2D eigenvalue weighted by Crippen LogP contribution is -2.47. The SMILES string of the molecule is CO[C@H]1CC[C@H](N(c2cc(C3CC=C(F)CC3)sc2C(=O)O)C(=O)[C@H]2CC[C@H](C)CC2)CC1. The molecule has 2 fully saturated rings. The van der Waals surface area contributed by atoms with E-state index >= 15 is 0 Å². The minimum absolute atomic E-state index is 0.00695. The van der Waals surface area contributed by atoms with Crippen LogP contribution in [0.5, 0.6) is 0 Å². The number of carboxylic acid groups (broad SMARTS) is 1. The summed E-state index contributed by atoms with van der Waals surface area (Å²) in [5, 5.41) is 10.1. The van der Waals surface area contributed by atoms with E-state index in [-0.39, 0.29) is 40.6 Å². The molecule has 1 amide bonds. The van der Waals surface area contributed by atoms with Gasteiger partial charge in [-0.3, -0.25) is 4.79 Å². The second-order valence-corrected chi connectivity index (χ2v) is 11.2. The molecular formula is C26H36FNO4S. The number of aromatic carboxylic acids is 1. The summed E-state index contributed by atoms with van der Waals surface area (Å²) in [6.45, 7) is 2.24. The largest absolute Gasteiger partial charge is 0.477 e. The predicted octanol–water partition coefficient (Wildman–Crippen LogP) is 6.68. The molecule has 182 valence electrons. The lowest BCUT2D eigenvalue weighted by molar-refractivity contribution is -0.124. The standard InChI is InChI=1S/C26H36FNO4S/c1-16-3-5-18(6-4-16)25(29)28(20-11-13-21(32-2)14-12-20)22-15-23(33-24(22)26(30)31)17-7-9-19(27)10-8-17/h9,15-18,20-21H,3-8,10-14H2,1-2H3,(H,30,31)/t16-,17?,18-,20-,21-. The minimum atomic E-state index is -0.987. The van der Waals surface area contributed by atoms with Gasteiger partial charge < -0.3 is 14.7 Å². The van der Waals surface area contributed by atoms with Crippen molar-refractivity contribution < 1.29 is 23.8 Å². The number of nitrogens with zero attached hydrogens (tertiary/aromatic N) is 1. The predicted molar refractivity (Wildman–Crippen MR) is 129 cm³/mol. The fourth-order valence-corrected chi connectivity index (χ4v) is 6.87. The highest BCUT2D eigenvalue weighted by atomic mass is 32.1. The van der Waals surface area contributed by atoms with E-state index in [1.807, 2.05) is 11.0 Å².